The molecule has 1 aliphatic heterocycles. The lowest BCUT2D eigenvalue weighted by Gasteiger charge is -2.21. The van der Waals surface area contributed by atoms with E-state index in [0.717, 1.165) is 31.4 Å². The molecule has 1 aromatic heterocycles. The number of pyridine rings is 1. The predicted octanol–water partition coefficient (Wildman–Crippen LogP) is 4.15. The molecule has 0 aliphatic carbocycles. The third-order valence-electron chi connectivity index (χ3n) is 4.63. The van der Waals surface area contributed by atoms with Gasteiger partial charge in [0.15, 0.2) is 0 Å². The van der Waals surface area contributed by atoms with E-state index in [-0.39, 0.29) is 0 Å². The molecule has 1 aliphatic rings. The van der Waals surface area contributed by atoms with Crippen molar-refractivity contribution in [3.63, 3.8) is 0 Å². The van der Waals surface area contributed by atoms with Gasteiger partial charge in [-0.1, -0.05) is 48.5 Å². The Morgan fingerprint density at radius 2 is 1.77 bits per heavy atom. The maximum atomic E-state index is 4.77. The summed E-state index contributed by atoms with van der Waals surface area (Å²) in [5.74, 6) is 0. The minimum Gasteiger partial charge on any atom is -0.370 e. The number of nitrogens with zero attached hydrogens (tertiary/aromatic N) is 2. The van der Waals surface area contributed by atoms with Crippen LogP contribution in [0.15, 0.2) is 54.6 Å². The van der Waals surface area contributed by atoms with Crippen molar-refractivity contribution < 1.29 is 0 Å². The molecule has 0 radical (unpaired) electrons. The van der Waals surface area contributed by atoms with Gasteiger partial charge in [0.25, 0.3) is 0 Å². The Balaban J connectivity index is 1.69. The average molecular weight is 288 g/mol. The van der Waals surface area contributed by atoms with Crippen LogP contribution in [0.4, 0.5) is 5.69 Å². The van der Waals surface area contributed by atoms with Crippen molar-refractivity contribution in [2.45, 2.75) is 19.8 Å². The first-order valence-electron chi connectivity index (χ1n) is 8.00. The van der Waals surface area contributed by atoms with E-state index in [0.29, 0.717) is 0 Å². The molecule has 0 N–H and O–H groups in total. The molecular formula is C20H20N2. The summed E-state index contributed by atoms with van der Waals surface area (Å²) in [6.45, 7) is 4.33. The number of aryl methyl sites for hydroxylation is 1. The average Bonchev–Trinajstić information content (AvgIpc) is 2.99. The number of anilines is 1. The zero-order chi connectivity index (χ0) is 14.9. The second-order valence-electron chi connectivity index (χ2n) is 6.01. The van der Waals surface area contributed by atoms with Crippen LogP contribution in [0.2, 0.25) is 0 Å². The fourth-order valence-corrected chi connectivity index (χ4v) is 3.50. The zero-order valence-corrected chi connectivity index (χ0v) is 12.9. The van der Waals surface area contributed by atoms with E-state index in [1.165, 1.54) is 27.9 Å². The molecule has 0 saturated heterocycles. The van der Waals surface area contributed by atoms with E-state index in [9.17, 15) is 0 Å². The highest BCUT2D eigenvalue weighted by Gasteiger charge is 2.23. The monoisotopic (exact) mass is 288 g/mol. The zero-order valence-electron chi connectivity index (χ0n) is 12.9. The third-order valence-corrected chi connectivity index (χ3v) is 4.63. The van der Waals surface area contributed by atoms with Crippen LogP contribution in [0.1, 0.15) is 16.8 Å². The summed E-state index contributed by atoms with van der Waals surface area (Å²) in [6.07, 6.45) is 2.21. The highest BCUT2D eigenvalue weighted by atomic mass is 15.1. The maximum absolute atomic E-state index is 4.77. The largest absolute Gasteiger partial charge is 0.370 e. The molecule has 0 unspecified atom stereocenters. The Hall–Kier alpha value is -2.35. The van der Waals surface area contributed by atoms with Gasteiger partial charge in [-0.15, -0.1) is 0 Å². The molecule has 0 bridgehead atoms. The lowest BCUT2D eigenvalue weighted by molar-refractivity contribution is 0.814. The molecule has 0 atom stereocenters. The molecule has 0 fully saturated rings. The van der Waals surface area contributed by atoms with Crippen LogP contribution >= 0.6 is 0 Å². The van der Waals surface area contributed by atoms with Gasteiger partial charge in [-0.25, -0.2) is 0 Å². The number of para-hydroxylation sites is 1. The molecule has 0 amide bonds. The van der Waals surface area contributed by atoms with Crippen LogP contribution < -0.4 is 4.90 Å². The van der Waals surface area contributed by atoms with Crippen molar-refractivity contribution >= 4 is 16.6 Å². The smallest absolute Gasteiger partial charge is 0.0726 e. The number of hydrogen-bond donors (Lipinski definition) is 0. The summed E-state index contributed by atoms with van der Waals surface area (Å²) in [6, 6.07) is 19.3. The Morgan fingerprint density at radius 3 is 2.64 bits per heavy atom. The summed E-state index contributed by atoms with van der Waals surface area (Å²) in [5, 5.41) is 1.30. The molecule has 22 heavy (non-hydrogen) atoms. The molecule has 2 aromatic carbocycles. The van der Waals surface area contributed by atoms with Gasteiger partial charge in [-0.05, 0) is 37.0 Å². The topological polar surface area (TPSA) is 16.1 Å². The lowest BCUT2D eigenvalue weighted by atomic mass is 10.1. The van der Waals surface area contributed by atoms with Gasteiger partial charge in [0.2, 0.25) is 0 Å². The molecule has 3 aromatic rings. The molecule has 4 rings (SSSR count). The lowest BCUT2D eigenvalue weighted by Crippen LogP contribution is -2.23. The van der Waals surface area contributed by atoms with Crippen LogP contribution in [0.25, 0.3) is 10.9 Å². The Bertz CT molecular complexity index is 809. The van der Waals surface area contributed by atoms with Crippen molar-refractivity contribution in [2.24, 2.45) is 0 Å². The summed E-state index contributed by atoms with van der Waals surface area (Å²) >= 11 is 0. The molecular weight excluding hydrogens is 268 g/mol. The molecule has 0 spiro atoms. The van der Waals surface area contributed by atoms with E-state index < -0.39 is 0 Å². The van der Waals surface area contributed by atoms with E-state index in [2.05, 4.69) is 66.4 Å². The molecule has 0 saturated carbocycles. The van der Waals surface area contributed by atoms with Crippen molar-refractivity contribution in [1.82, 2.24) is 4.98 Å². The SMILES string of the molecule is Cc1nc2ccccc2c2c1CCN2CCc1ccccc1. The number of hydrogen-bond acceptors (Lipinski definition) is 2. The van der Waals surface area contributed by atoms with Gasteiger partial charge in [0.05, 0.1) is 11.2 Å². The van der Waals surface area contributed by atoms with Gasteiger partial charge >= 0.3 is 0 Å². The van der Waals surface area contributed by atoms with Gasteiger partial charge in [-0.3, -0.25) is 4.98 Å². The number of rotatable bonds is 3. The maximum Gasteiger partial charge on any atom is 0.0726 e. The van der Waals surface area contributed by atoms with Gasteiger partial charge < -0.3 is 4.90 Å². The van der Waals surface area contributed by atoms with E-state index in [4.69, 9.17) is 4.98 Å². The molecule has 2 heterocycles. The van der Waals surface area contributed by atoms with Crippen LogP contribution in [-0.2, 0) is 12.8 Å². The first-order valence-corrected chi connectivity index (χ1v) is 8.00. The summed E-state index contributed by atoms with van der Waals surface area (Å²) in [5.41, 5.74) is 6.57. The quantitative estimate of drug-likeness (QED) is 0.720. The number of aromatic nitrogens is 1. The van der Waals surface area contributed by atoms with E-state index >= 15 is 0 Å². The summed E-state index contributed by atoms with van der Waals surface area (Å²) < 4.78 is 0. The van der Waals surface area contributed by atoms with Crippen molar-refractivity contribution in [3.8, 4) is 0 Å². The standard InChI is InChI=1S/C20H20N2/c1-15-17-12-14-22(13-11-16-7-3-2-4-8-16)20(17)18-9-5-6-10-19(18)21-15/h2-10H,11-14H2,1H3. The van der Waals surface area contributed by atoms with Crippen molar-refractivity contribution in [3.05, 3.63) is 71.4 Å². The minimum absolute atomic E-state index is 1.07. The Labute approximate surface area is 131 Å². The van der Waals surface area contributed by atoms with Crippen LogP contribution in [-0.4, -0.2) is 18.1 Å². The molecule has 2 heteroatoms. The van der Waals surface area contributed by atoms with Crippen molar-refractivity contribution in [2.75, 3.05) is 18.0 Å². The number of fused-ring (bicyclic) bond motifs is 3. The third kappa shape index (κ3) is 2.25. The highest BCUT2D eigenvalue weighted by molar-refractivity contribution is 5.95. The Morgan fingerprint density at radius 1 is 1.00 bits per heavy atom. The summed E-state index contributed by atoms with van der Waals surface area (Å²) in [7, 11) is 0. The van der Waals surface area contributed by atoms with E-state index in [1.807, 2.05) is 0 Å². The highest BCUT2D eigenvalue weighted by Crippen LogP contribution is 2.36. The fourth-order valence-electron chi connectivity index (χ4n) is 3.50. The van der Waals surface area contributed by atoms with Crippen molar-refractivity contribution in [1.29, 1.82) is 0 Å². The normalized spacial score (nSPS) is 13.6. The first-order chi connectivity index (χ1) is 10.8. The molecule has 110 valence electrons. The van der Waals surface area contributed by atoms with Crippen LogP contribution in [0, 0.1) is 6.92 Å². The second-order valence-corrected chi connectivity index (χ2v) is 6.01. The number of benzene rings is 2. The second kappa shape index (κ2) is 5.45. The van der Waals surface area contributed by atoms with E-state index in [1.54, 1.807) is 0 Å². The predicted molar refractivity (Wildman–Crippen MR) is 92.5 cm³/mol. The summed E-state index contributed by atoms with van der Waals surface area (Å²) in [4.78, 5) is 7.31. The van der Waals surface area contributed by atoms with Gasteiger partial charge in [0.1, 0.15) is 0 Å². The van der Waals surface area contributed by atoms with Gasteiger partial charge in [-0.2, -0.15) is 0 Å². The fraction of sp³-hybridized carbons (Fsp3) is 0.250. The van der Waals surface area contributed by atoms with Crippen LogP contribution in [0.3, 0.4) is 0 Å². The first kappa shape index (κ1) is 13.3. The molecule has 2 nitrogen and oxygen atoms in total. The minimum atomic E-state index is 1.07. The van der Waals surface area contributed by atoms with Gasteiger partial charge in [0, 0.05) is 24.2 Å². The Kier molecular flexibility index (Phi) is 3.30. The van der Waals surface area contributed by atoms with Crippen LogP contribution in [0.5, 0.6) is 0 Å².